The number of ether oxygens (including phenoxy) is 1. The van der Waals surface area contributed by atoms with Crippen LogP contribution in [-0.4, -0.2) is 68.0 Å². The maximum absolute atomic E-state index is 12.6. The molecule has 0 unspecified atom stereocenters. The third-order valence-corrected chi connectivity index (χ3v) is 5.77. The van der Waals surface area contributed by atoms with E-state index in [0.717, 1.165) is 43.8 Å². The van der Waals surface area contributed by atoms with Gasteiger partial charge in [-0.2, -0.15) is 0 Å². The molecule has 1 fully saturated rings. The fraction of sp³-hybridized carbons (Fsp3) is 0.385. The number of carbonyl (C=O) groups excluding carboxylic acids is 2. The van der Waals surface area contributed by atoms with Crippen molar-refractivity contribution in [2.24, 2.45) is 0 Å². The van der Waals surface area contributed by atoms with E-state index in [2.05, 4.69) is 22.3 Å². The monoisotopic (exact) mass is 435 g/mol. The average Bonchev–Trinajstić information content (AvgIpc) is 2.83. The van der Waals surface area contributed by atoms with Gasteiger partial charge in [-0.15, -0.1) is 0 Å². The second-order valence-corrected chi connectivity index (χ2v) is 8.13. The first-order chi connectivity index (χ1) is 15.5. The first-order valence-electron chi connectivity index (χ1n) is 11.2. The molecule has 2 aromatic rings. The molecule has 0 bridgehead atoms. The molecular formula is C26H33N3O3. The average molecular weight is 436 g/mol. The number of carbonyl (C=O) groups is 2. The molecule has 3 rings (SSSR count). The van der Waals surface area contributed by atoms with E-state index in [1.165, 1.54) is 5.56 Å². The van der Waals surface area contributed by atoms with Gasteiger partial charge in [0.25, 0.3) is 5.91 Å². The minimum atomic E-state index is -0.0856. The standard InChI is InChI=1S/C26H33N3O3/c1-21(8-9-22-6-4-3-5-7-22)20-25(30)29-18-16-28(17-19-29)15-14-27-26(31)23-10-12-24(32-2)13-11-23/h3-7,10-13,20H,8-9,14-19H2,1-2H3,(H,27,31)/b21-20-. The molecule has 1 N–H and O–H groups in total. The third kappa shape index (κ3) is 7.24. The number of benzene rings is 2. The van der Waals surface area contributed by atoms with Crippen LogP contribution in [-0.2, 0) is 11.2 Å². The van der Waals surface area contributed by atoms with Crippen LogP contribution in [0.1, 0.15) is 29.3 Å². The highest BCUT2D eigenvalue weighted by molar-refractivity contribution is 5.94. The lowest BCUT2D eigenvalue weighted by atomic mass is 10.1. The predicted molar refractivity (Wildman–Crippen MR) is 127 cm³/mol. The van der Waals surface area contributed by atoms with Gasteiger partial charge >= 0.3 is 0 Å². The van der Waals surface area contributed by atoms with Gasteiger partial charge in [-0.3, -0.25) is 14.5 Å². The summed E-state index contributed by atoms with van der Waals surface area (Å²) in [6.45, 7) is 6.46. The first-order valence-corrected chi connectivity index (χ1v) is 11.2. The van der Waals surface area contributed by atoms with Gasteiger partial charge in [-0.05, 0) is 49.6 Å². The van der Waals surface area contributed by atoms with Gasteiger partial charge in [0.15, 0.2) is 0 Å². The van der Waals surface area contributed by atoms with Crippen molar-refractivity contribution in [3.05, 3.63) is 77.4 Å². The van der Waals surface area contributed by atoms with Crippen molar-refractivity contribution >= 4 is 11.8 Å². The van der Waals surface area contributed by atoms with Gasteiger partial charge in [0.05, 0.1) is 7.11 Å². The highest BCUT2D eigenvalue weighted by Gasteiger charge is 2.19. The Labute approximate surface area is 190 Å². The Hall–Kier alpha value is -3.12. The quantitative estimate of drug-likeness (QED) is 0.615. The summed E-state index contributed by atoms with van der Waals surface area (Å²) >= 11 is 0. The van der Waals surface area contributed by atoms with Crippen LogP contribution in [0.5, 0.6) is 5.75 Å². The Kier molecular flexibility index (Phi) is 8.87. The smallest absolute Gasteiger partial charge is 0.251 e. The van der Waals surface area contributed by atoms with E-state index in [1.807, 2.05) is 30.0 Å². The summed E-state index contributed by atoms with van der Waals surface area (Å²) < 4.78 is 5.12. The topological polar surface area (TPSA) is 61.9 Å². The van der Waals surface area contributed by atoms with Crippen LogP contribution in [0.25, 0.3) is 0 Å². The normalized spacial score (nSPS) is 14.8. The summed E-state index contributed by atoms with van der Waals surface area (Å²) in [6, 6.07) is 17.4. The summed E-state index contributed by atoms with van der Waals surface area (Å²) in [5.41, 5.74) is 3.03. The number of piperazine rings is 1. The lowest BCUT2D eigenvalue weighted by molar-refractivity contribution is -0.127. The van der Waals surface area contributed by atoms with Crippen molar-refractivity contribution in [3.63, 3.8) is 0 Å². The molecule has 0 aromatic heterocycles. The molecule has 1 heterocycles. The number of hydrogen-bond donors (Lipinski definition) is 1. The van der Waals surface area contributed by atoms with Crippen LogP contribution in [0.2, 0.25) is 0 Å². The maximum atomic E-state index is 12.6. The minimum Gasteiger partial charge on any atom is -0.497 e. The van der Waals surface area contributed by atoms with Crippen LogP contribution in [0, 0.1) is 0 Å². The number of methoxy groups -OCH3 is 1. The van der Waals surface area contributed by atoms with Crippen LogP contribution in [0.15, 0.2) is 66.2 Å². The molecule has 0 spiro atoms. The molecule has 32 heavy (non-hydrogen) atoms. The van der Waals surface area contributed by atoms with Crippen LogP contribution in [0.4, 0.5) is 0 Å². The van der Waals surface area contributed by atoms with Gasteiger partial charge in [0, 0.05) is 50.9 Å². The zero-order chi connectivity index (χ0) is 22.8. The van der Waals surface area contributed by atoms with E-state index in [4.69, 9.17) is 4.74 Å². The Morgan fingerprint density at radius 2 is 1.69 bits per heavy atom. The molecule has 6 heteroatoms. The highest BCUT2D eigenvalue weighted by Crippen LogP contribution is 2.12. The molecule has 170 valence electrons. The lowest BCUT2D eigenvalue weighted by Gasteiger charge is -2.34. The zero-order valence-electron chi connectivity index (χ0n) is 19.0. The van der Waals surface area contributed by atoms with Gasteiger partial charge in [0.1, 0.15) is 5.75 Å². The number of allylic oxidation sites excluding steroid dienone is 1. The molecule has 2 amide bonds. The van der Waals surface area contributed by atoms with Crippen LogP contribution >= 0.6 is 0 Å². The predicted octanol–water partition coefficient (Wildman–Crippen LogP) is 3.15. The van der Waals surface area contributed by atoms with Gasteiger partial charge in [-0.25, -0.2) is 0 Å². The van der Waals surface area contributed by atoms with E-state index >= 15 is 0 Å². The van der Waals surface area contributed by atoms with E-state index in [9.17, 15) is 9.59 Å². The molecule has 2 aromatic carbocycles. The second-order valence-electron chi connectivity index (χ2n) is 8.13. The number of amides is 2. The number of hydrogen-bond acceptors (Lipinski definition) is 4. The Morgan fingerprint density at radius 3 is 2.34 bits per heavy atom. The van der Waals surface area contributed by atoms with Gasteiger partial charge < -0.3 is 15.0 Å². The summed E-state index contributed by atoms with van der Waals surface area (Å²) in [7, 11) is 1.60. The van der Waals surface area contributed by atoms with Crippen molar-refractivity contribution in [2.45, 2.75) is 19.8 Å². The van der Waals surface area contributed by atoms with Crippen molar-refractivity contribution in [3.8, 4) is 5.75 Å². The van der Waals surface area contributed by atoms with E-state index < -0.39 is 0 Å². The molecule has 0 aliphatic carbocycles. The molecule has 0 saturated carbocycles. The van der Waals surface area contributed by atoms with Crippen molar-refractivity contribution in [2.75, 3.05) is 46.4 Å². The van der Waals surface area contributed by atoms with Crippen LogP contribution in [0.3, 0.4) is 0 Å². The molecule has 1 aliphatic heterocycles. The Bertz CT molecular complexity index is 902. The number of nitrogens with zero attached hydrogens (tertiary/aromatic N) is 2. The summed E-state index contributed by atoms with van der Waals surface area (Å²) in [5.74, 6) is 0.746. The number of nitrogens with one attached hydrogen (secondary N) is 1. The van der Waals surface area contributed by atoms with Crippen molar-refractivity contribution < 1.29 is 14.3 Å². The van der Waals surface area contributed by atoms with E-state index in [-0.39, 0.29) is 11.8 Å². The molecule has 6 nitrogen and oxygen atoms in total. The van der Waals surface area contributed by atoms with Crippen LogP contribution < -0.4 is 10.1 Å². The largest absolute Gasteiger partial charge is 0.497 e. The van der Waals surface area contributed by atoms with Gasteiger partial charge in [0.2, 0.25) is 5.91 Å². The Balaban J connectivity index is 1.35. The molecule has 0 atom stereocenters. The van der Waals surface area contributed by atoms with E-state index in [0.29, 0.717) is 25.2 Å². The second kappa shape index (κ2) is 12.1. The maximum Gasteiger partial charge on any atom is 0.251 e. The van der Waals surface area contributed by atoms with Crippen molar-refractivity contribution in [1.29, 1.82) is 0 Å². The summed E-state index contributed by atoms with van der Waals surface area (Å²) in [5, 5.41) is 2.96. The molecule has 1 aliphatic rings. The summed E-state index contributed by atoms with van der Waals surface area (Å²) in [4.78, 5) is 29.0. The van der Waals surface area contributed by atoms with Crippen molar-refractivity contribution in [1.82, 2.24) is 15.1 Å². The lowest BCUT2D eigenvalue weighted by Crippen LogP contribution is -2.50. The zero-order valence-corrected chi connectivity index (χ0v) is 19.0. The van der Waals surface area contributed by atoms with Gasteiger partial charge in [-0.1, -0.05) is 35.9 Å². The fourth-order valence-electron chi connectivity index (χ4n) is 3.72. The number of aryl methyl sites for hydroxylation is 1. The first kappa shape index (κ1) is 23.5. The third-order valence-electron chi connectivity index (χ3n) is 5.77. The Morgan fingerprint density at radius 1 is 1.00 bits per heavy atom. The molecule has 0 radical (unpaired) electrons. The molecular weight excluding hydrogens is 402 g/mol. The number of rotatable bonds is 9. The fourth-order valence-corrected chi connectivity index (χ4v) is 3.72. The van der Waals surface area contributed by atoms with E-state index in [1.54, 1.807) is 37.5 Å². The highest BCUT2D eigenvalue weighted by atomic mass is 16.5. The minimum absolute atomic E-state index is 0.0856. The SMILES string of the molecule is COc1ccc(C(=O)NCCN2CCN(C(=O)/C=C(/C)CCc3ccccc3)CC2)cc1. The summed E-state index contributed by atoms with van der Waals surface area (Å²) in [6.07, 6.45) is 3.63. The molecule has 1 saturated heterocycles.